The van der Waals surface area contributed by atoms with E-state index in [2.05, 4.69) is 10.6 Å². The van der Waals surface area contributed by atoms with Crippen molar-refractivity contribution in [2.75, 3.05) is 0 Å². The fraction of sp³-hybridized carbons (Fsp3) is 0.286. The highest BCUT2D eigenvalue weighted by atomic mass is 19.1. The van der Waals surface area contributed by atoms with E-state index < -0.39 is 35.6 Å². The van der Waals surface area contributed by atoms with Gasteiger partial charge in [-0.25, -0.2) is 4.39 Å². The van der Waals surface area contributed by atoms with Crippen LogP contribution in [0.3, 0.4) is 0 Å². The Bertz CT molecular complexity index is 852. The zero-order chi connectivity index (χ0) is 20.7. The molecule has 2 aromatic carbocycles. The summed E-state index contributed by atoms with van der Waals surface area (Å²) in [6, 6.07) is 11.5. The van der Waals surface area contributed by atoms with Crippen LogP contribution in [0.5, 0.6) is 0 Å². The zero-order valence-electron chi connectivity index (χ0n) is 15.9. The molecule has 7 heteroatoms. The SMILES string of the molecule is CC(=O)N[C@@H](Cc1ccccc1F)C(=O)N[C@@H](Cc1ccc(C)cc1)C(N)=O. The predicted molar refractivity (Wildman–Crippen MR) is 104 cm³/mol. The number of hydrogen-bond acceptors (Lipinski definition) is 3. The minimum absolute atomic E-state index is 0.0475. The minimum Gasteiger partial charge on any atom is -0.368 e. The Morgan fingerprint density at radius 3 is 2.18 bits per heavy atom. The summed E-state index contributed by atoms with van der Waals surface area (Å²) in [5, 5.41) is 5.08. The van der Waals surface area contributed by atoms with Gasteiger partial charge in [-0.3, -0.25) is 14.4 Å². The number of nitrogens with one attached hydrogen (secondary N) is 2. The summed E-state index contributed by atoms with van der Waals surface area (Å²) in [4.78, 5) is 36.0. The Morgan fingerprint density at radius 1 is 0.964 bits per heavy atom. The van der Waals surface area contributed by atoms with Gasteiger partial charge < -0.3 is 16.4 Å². The van der Waals surface area contributed by atoms with Crippen molar-refractivity contribution < 1.29 is 18.8 Å². The maximum Gasteiger partial charge on any atom is 0.243 e. The van der Waals surface area contributed by atoms with Gasteiger partial charge in [0.05, 0.1) is 0 Å². The lowest BCUT2D eigenvalue weighted by Gasteiger charge is -2.22. The number of rotatable bonds is 8. The second-order valence-electron chi connectivity index (χ2n) is 6.70. The van der Waals surface area contributed by atoms with Crippen LogP contribution < -0.4 is 16.4 Å². The monoisotopic (exact) mass is 385 g/mol. The molecule has 0 radical (unpaired) electrons. The average molecular weight is 385 g/mol. The van der Waals surface area contributed by atoms with Crippen LogP contribution >= 0.6 is 0 Å². The highest BCUT2D eigenvalue weighted by Crippen LogP contribution is 2.11. The molecule has 6 nitrogen and oxygen atoms in total. The smallest absolute Gasteiger partial charge is 0.243 e. The summed E-state index contributed by atoms with van der Waals surface area (Å²) in [7, 11) is 0. The van der Waals surface area contributed by atoms with Gasteiger partial charge in [-0.2, -0.15) is 0 Å². The summed E-state index contributed by atoms with van der Waals surface area (Å²) in [5.74, 6) is -2.21. The zero-order valence-corrected chi connectivity index (χ0v) is 15.9. The van der Waals surface area contributed by atoms with E-state index in [1.165, 1.54) is 25.1 Å². The van der Waals surface area contributed by atoms with E-state index in [1.54, 1.807) is 6.07 Å². The first-order chi connectivity index (χ1) is 13.3. The number of carbonyl (C=O) groups is 3. The van der Waals surface area contributed by atoms with Crippen molar-refractivity contribution in [1.29, 1.82) is 0 Å². The third-order valence-electron chi connectivity index (χ3n) is 4.30. The number of nitrogens with two attached hydrogens (primary N) is 1. The summed E-state index contributed by atoms with van der Waals surface area (Å²) < 4.78 is 13.9. The van der Waals surface area contributed by atoms with Gasteiger partial charge in [0.2, 0.25) is 17.7 Å². The fourth-order valence-electron chi connectivity index (χ4n) is 2.79. The molecule has 148 valence electrons. The van der Waals surface area contributed by atoms with Crippen LogP contribution in [0.25, 0.3) is 0 Å². The first-order valence-corrected chi connectivity index (χ1v) is 8.92. The number of carbonyl (C=O) groups excluding carboxylic acids is 3. The molecule has 0 spiro atoms. The van der Waals surface area contributed by atoms with Gasteiger partial charge in [-0.05, 0) is 24.1 Å². The predicted octanol–water partition coefficient (Wildman–Crippen LogP) is 1.39. The molecule has 0 heterocycles. The standard InChI is InChI=1S/C21H24FN3O3/c1-13-7-9-15(10-8-13)11-18(20(23)27)25-21(28)19(24-14(2)26)12-16-5-3-4-6-17(16)22/h3-10,18-19H,11-12H2,1-2H3,(H2,23,27)(H,24,26)(H,25,28)/t18-,19-/m0/s1. The molecule has 2 aromatic rings. The van der Waals surface area contributed by atoms with Crippen LogP contribution in [-0.4, -0.2) is 29.8 Å². The lowest BCUT2D eigenvalue weighted by atomic mass is 10.0. The van der Waals surface area contributed by atoms with Gasteiger partial charge >= 0.3 is 0 Å². The van der Waals surface area contributed by atoms with Crippen LogP contribution in [0, 0.1) is 12.7 Å². The van der Waals surface area contributed by atoms with Crippen molar-refractivity contribution in [3.8, 4) is 0 Å². The van der Waals surface area contributed by atoms with Crippen LogP contribution in [0.1, 0.15) is 23.6 Å². The van der Waals surface area contributed by atoms with Gasteiger partial charge in [-0.1, -0.05) is 48.0 Å². The van der Waals surface area contributed by atoms with Crippen LogP contribution in [0.4, 0.5) is 4.39 Å². The molecule has 2 atom stereocenters. The maximum atomic E-state index is 13.9. The molecular weight excluding hydrogens is 361 g/mol. The van der Waals surface area contributed by atoms with Crippen molar-refractivity contribution in [3.05, 3.63) is 71.0 Å². The third-order valence-corrected chi connectivity index (χ3v) is 4.30. The van der Waals surface area contributed by atoms with E-state index in [1.807, 2.05) is 31.2 Å². The van der Waals surface area contributed by atoms with Crippen LogP contribution in [0.15, 0.2) is 48.5 Å². The number of aryl methyl sites for hydroxylation is 1. The van der Waals surface area contributed by atoms with Crippen molar-refractivity contribution in [1.82, 2.24) is 10.6 Å². The van der Waals surface area contributed by atoms with Gasteiger partial charge in [0.25, 0.3) is 0 Å². The quantitative estimate of drug-likeness (QED) is 0.640. The molecule has 4 N–H and O–H groups in total. The number of benzene rings is 2. The van der Waals surface area contributed by atoms with Crippen molar-refractivity contribution in [3.63, 3.8) is 0 Å². The minimum atomic E-state index is -1.03. The van der Waals surface area contributed by atoms with Crippen molar-refractivity contribution >= 4 is 17.7 Å². The van der Waals surface area contributed by atoms with Gasteiger partial charge in [-0.15, -0.1) is 0 Å². The Hall–Kier alpha value is -3.22. The molecule has 0 fully saturated rings. The molecule has 0 aliphatic rings. The van der Waals surface area contributed by atoms with Gasteiger partial charge in [0, 0.05) is 19.8 Å². The number of hydrogen-bond donors (Lipinski definition) is 3. The second kappa shape index (κ2) is 9.64. The lowest BCUT2D eigenvalue weighted by molar-refractivity contribution is -0.130. The Balaban J connectivity index is 2.14. The Morgan fingerprint density at radius 2 is 1.61 bits per heavy atom. The Labute approximate surface area is 163 Å². The molecule has 0 aliphatic carbocycles. The normalized spacial score (nSPS) is 12.7. The van der Waals surface area contributed by atoms with Crippen LogP contribution in [0.2, 0.25) is 0 Å². The largest absolute Gasteiger partial charge is 0.368 e. The van der Waals surface area contributed by atoms with E-state index in [-0.39, 0.29) is 18.4 Å². The van der Waals surface area contributed by atoms with E-state index in [0.29, 0.717) is 0 Å². The van der Waals surface area contributed by atoms with E-state index in [4.69, 9.17) is 5.73 Å². The van der Waals surface area contributed by atoms with E-state index in [0.717, 1.165) is 11.1 Å². The molecule has 0 unspecified atom stereocenters. The average Bonchev–Trinajstić information content (AvgIpc) is 2.63. The first kappa shape index (κ1) is 21.1. The van der Waals surface area contributed by atoms with Gasteiger partial charge in [0.1, 0.15) is 17.9 Å². The third kappa shape index (κ3) is 6.19. The number of amides is 3. The van der Waals surface area contributed by atoms with E-state index >= 15 is 0 Å². The van der Waals surface area contributed by atoms with Crippen molar-refractivity contribution in [2.24, 2.45) is 5.73 Å². The molecule has 2 rings (SSSR count). The number of halogens is 1. The molecule has 0 aromatic heterocycles. The lowest BCUT2D eigenvalue weighted by Crippen LogP contribution is -2.54. The highest BCUT2D eigenvalue weighted by Gasteiger charge is 2.26. The molecule has 0 bridgehead atoms. The summed E-state index contributed by atoms with van der Waals surface area (Å²) in [5.41, 5.74) is 7.62. The Kier molecular flexibility index (Phi) is 7.26. The topological polar surface area (TPSA) is 101 Å². The van der Waals surface area contributed by atoms with Gasteiger partial charge in [0.15, 0.2) is 0 Å². The molecule has 28 heavy (non-hydrogen) atoms. The summed E-state index contributed by atoms with van der Waals surface area (Å²) in [6.45, 7) is 3.21. The van der Waals surface area contributed by atoms with Crippen molar-refractivity contribution in [2.45, 2.75) is 38.8 Å². The molecule has 0 saturated carbocycles. The second-order valence-corrected chi connectivity index (χ2v) is 6.70. The maximum absolute atomic E-state index is 13.9. The highest BCUT2D eigenvalue weighted by molar-refractivity contribution is 5.91. The summed E-state index contributed by atoms with van der Waals surface area (Å²) in [6.07, 6.45) is 0.169. The number of primary amides is 1. The fourth-order valence-corrected chi connectivity index (χ4v) is 2.79. The van der Waals surface area contributed by atoms with E-state index in [9.17, 15) is 18.8 Å². The van der Waals surface area contributed by atoms with Crippen LogP contribution in [-0.2, 0) is 27.2 Å². The molecule has 0 aliphatic heterocycles. The molecule has 0 saturated heterocycles. The molecular formula is C21H24FN3O3. The molecule has 3 amide bonds. The summed E-state index contributed by atoms with van der Waals surface area (Å²) >= 11 is 0. The first-order valence-electron chi connectivity index (χ1n) is 8.92.